The number of thioether (sulfide) groups is 1. The average molecular weight is 542 g/mol. The standard InChI is InChI=1S/C33H51NO3S/c1-6-7-9-13-24(2)15-16-26-22-28(36-32(35)25(3)17-20-34-18-10-8-11-19-34)30-27-14-12-21-38-31(27)33(4,5)37-29(30)23-26/h22-25H,6-21H2,1-5H3. The number of hydrogen-bond acceptors (Lipinski definition) is 5. The largest absolute Gasteiger partial charge is 0.482 e. The van der Waals surface area contributed by atoms with Gasteiger partial charge in [-0.2, -0.15) is 0 Å². The predicted molar refractivity (Wildman–Crippen MR) is 161 cm³/mol. The molecule has 0 radical (unpaired) electrons. The highest BCUT2D eigenvalue weighted by Gasteiger charge is 2.39. The summed E-state index contributed by atoms with van der Waals surface area (Å²) in [5, 5.41) is 0. The molecule has 38 heavy (non-hydrogen) atoms. The molecule has 0 amide bonds. The molecule has 1 fully saturated rings. The molecule has 3 aliphatic heterocycles. The molecular formula is C33H51NO3S. The molecule has 2 unspecified atom stereocenters. The summed E-state index contributed by atoms with van der Waals surface area (Å²) in [5.74, 6) is 3.21. The molecule has 2 atom stereocenters. The van der Waals surface area contributed by atoms with E-state index in [-0.39, 0.29) is 17.5 Å². The molecule has 0 aliphatic carbocycles. The highest BCUT2D eigenvalue weighted by molar-refractivity contribution is 8.03. The van der Waals surface area contributed by atoms with Crippen LogP contribution in [0.4, 0.5) is 0 Å². The first-order valence-electron chi connectivity index (χ1n) is 15.4. The monoisotopic (exact) mass is 541 g/mol. The van der Waals surface area contributed by atoms with Crippen molar-refractivity contribution in [2.24, 2.45) is 11.8 Å². The summed E-state index contributed by atoms with van der Waals surface area (Å²) in [7, 11) is 0. The molecule has 1 saturated heterocycles. The third-order valence-corrected chi connectivity index (χ3v) is 10.1. The van der Waals surface area contributed by atoms with Gasteiger partial charge in [-0.25, -0.2) is 0 Å². The van der Waals surface area contributed by atoms with Crippen LogP contribution in [-0.2, 0) is 11.2 Å². The number of allylic oxidation sites excluding steroid dienone is 1. The first-order chi connectivity index (χ1) is 18.3. The molecule has 0 spiro atoms. The van der Waals surface area contributed by atoms with E-state index in [9.17, 15) is 4.79 Å². The van der Waals surface area contributed by atoms with Gasteiger partial charge in [-0.3, -0.25) is 4.79 Å². The van der Waals surface area contributed by atoms with Crippen LogP contribution in [0.25, 0.3) is 5.57 Å². The Morgan fingerprint density at radius 3 is 2.63 bits per heavy atom. The number of fused-ring (bicyclic) bond motifs is 2. The number of piperidine rings is 1. The quantitative estimate of drug-likeness (QED) is 0.150. The molecular weight excluding hydrogens is 490 g/mol. The van der Waals surface area contributed by atoms with Crippen LogP contribution in [0.15, 0.2) is 17.0 Å². The first kappa shape index (κ1) is 29.5. The summed E-state index contributed by atoms with van der Waals surface area (Å²) in [6.07, 6.45) is 14.2. The van der Waals surface area contributed by atoms with Crippen LogP contribution in [0.3, 0.4) is 0 Å². The van der Waals surface area contributed by atoms with Gasteiger partial charge in [0.25, 0.3) is 0 Å². The Morgan fingerprint density at radius 1 is 1.08 bits per heavy atom. The second kappa shape index (κ2) is 13.7. The Bertz CT molecular complexity index is 979. The lowest BCUT2D eigenvalue weighted by atomic mass is 9.88. The Kier molecular flexibility index (Phi) is 10.7. The molecule has 0 saturated carbocycles. The van der Waals surface area contributed by atoms with Crippen LogP contribution < -0.4 is 9.47 Å². The second-order valence-corrected chi connectivity index (χ2v) is 13.6. The van der Waals surface area contributed by atoms with Crippen LogP contribution in [0.5, 0.6) is 11.5 Å². The minimum absolute atomic E-state index is 0.107. The van der Waals surface area contributed by atoms with E-state index in [4.69, 9.17) is 9.47 Å². The predicted octanol–water partition coefficient (Wildman–Crippen LogP) is 8.66. The summed E-state index contributed by atoms with van der Waals surface area (Å²) >= 11 is 1.91. The van der Waals surface area contributed by atoms with Crippen molar-refractivity contribution in [2.45, 2.75) is 117 Å². The van der Waals surface area contributed by atoms with E-state index in [1.54, 1.807) is 0 Å². The van der Waals surface area contributed by atoms with E-state index < -0.39 is 0 Å². The number of rotatable bonds is 12. The Balaban J connectivity index is 1.54. The van der Waals surface area contributed by atoms with Crippen molar-refractivity contribution < 1.29 is 14.3 Å². The lowest BCUT2D eigenvalue weighted by Gasteiger charge is -2.39. The summed E-state index contributed by atoms with van der Waals surface area (Å²) in [4.78, 5) is 17.2. The van der Waals surface area contributed by atoms with Gasteiger partial charge in [-0.15, -0.1) is 11.8 Å². The number of aryl methyl sites for hydroxylation is 1. The fourth-order valence-electron chi connectivity index (χ4n) is 6.15. The summed E-state index contributed by atoms with van der Waals surface area (Å²) in [5.41, 5.74) is 3.24. The van der Waals surface area contributed by atoms with E-state index in [1.165, 1.54) is 61.0 Å². The normalized spacial score (nSPS) is 20.8. The fourth-order valence-corrected chi connectivity index (χ4v) is 7.41. The zero-order chi connectivity index (χ0) is 27.1. The molecule has 212 valence electrons. The Morgan fingerprint density at radius 2 is 1.87 bits per heavy atom. The lowest BCUT2D eigenvalue weighted by molar-refractivity contribution is -0.138. The number of carbonyl (C=O) groups is 1. The maximum absolute atomic E-state index is 13.4. The van der Waals surface area contributed by atoms with E-state index >= 15 is 0 Å². The zero-order valence-electron chi connectivity index (χ0n) is 24.7. The number of hydrogen-bond donors (Lipinski definition) is 0. The molecule has 0 N–H and O–H groups in total. The summed E-state index contributed by atoms with van der Waals surface area (Å²) < 4.78 is 12.9. The molecule has 3 aliphatic rings. The fraction of sp³-hybridized carbons (Fsp3) is 0.727. The second-order valence-electron chi connectivity index (χ2n) is 12.5. The third kappa shape index (κ3) is 7.59. The number of esters is 1. The number of carbonyl (C=O) groups excluding carboxylic acids is 1. The molecule has 5 heteroatoms. The van der Waals surface area contributed by atoms with Gasteiger partial charge in [0.1, 0.15) is 17.1 Å². The molecule has 1 aromatic carbocycles. The average Bonchev–Trinajstić information content (AvgIpc) is 2.91. The molecule has 4 rings (SSSR count). The van der Waals surface area contributed by atoms with Gasteiger partial charge in [-0.1, -0.05) is 52.9 Å². The SMILES string of the molecule is CCCCCC(C)CCc1cc(OC(=O)C(C)CCN2CCCCC2)c2c(c1)OC(C)(C)C1=C2CCCS1. The number of benzene rings is 1. The number of unbranched alkanes of at least 4 members (excludes halogenated alkanes) is 2. The van der Waals surface area contributed by atoms with Crippen molar-refractivity contribution in [1.82, 2.24) is 4.90 Å². The van der Waals surface area contributed by atoms with Crippen LogP contribution >= 0.6 is 11.8 Å². The van der Waals surface area contributed by atoms with Gasteiger partial charge in [0, 0.05) is 4.91 Å². The van der Waals surface area contributed by atoms with Crippen molar-refractivity contribution in [3.05, 3.63) is 28.2 Å². The number of ether oxygens (including phenoxy) is 2. The highest BCUT2D eigenvalue weighted by Crippen LogP contribution is 2.53. The van der Waals surface area contributed by atoms with E-state index in [0.717, 1.165) is 74.6 Å². The lowest BCUT2D eigenvalue weighted by Crippen LogP contribution is -2.35. The van der Waals surface area contributed by atoms with Gasteiger partial charge in [-0.05, 0) is 113 Å². The van der Waals surface area contributed by atoms with E-state index in [0.29, 0.717) is 5.92 Å². The molecule has 4 nitrogen and oxygen atoms in total. The van der Waals surface area contributed by atoms with Crippen molar-refractivity contribution in [1.29, 1.82) is 0 Å². The minimum Gasteiger partial charge on any atom is -0.482 e. The van der Waals surface area contributed by atoms with Crippen LogP contribution in [-0.4, -0.2) is 41.9 Å². The number of likely N-dealkylation sites (tertiary alicyclic amines) is 1. The molecule has 0 bridgehead atoms. The van der Waals surface area contributed by atoms with Gasteiger partial charge in [0.05, 0.1) is 11.5 Å². The number of nitrogens with zero attached hydrogens (tertiary/aromatic N) is 1. The Hall–Kier alpha value is -1.46. The zero-order valence-corrected chi connectivity index (χ0v) is 25.5. The maximum Gasteiger partial charge on any atom is 0.314 e. The van der Waals surface area contributed by atoms with E-state index in [2.05, 4.69) is 44.7 Å². The molecule has 1 aromatic rings. The van der Waals surface area contributed by atoms with Crippen molar-refractivity contribution in [2.75, 3.05) is 25.4 Å². The van der Waals surface area contributed by atoms with Gasteiger partial charge in [0.2, 0.25) is 0 Å². The van der Waals surface area contributed by atoms with Crippen molar-refractivity contribution in [3.63, 3.8) is 0 Å². The molecule has 3 heterocycles. The smallest absolute Gasteiger partial charge is 0.314 e. The maximum atomic E-state index is 13.4. The van der Waals surface area contributed by atoms with Crippen molar-refractivity contribution in [3.8, 4) is 11.5 Å². The molecule has 0 aromatic heterocycles. The van der Waals surface area contributed by atoms with Gasteiger partial charge >= 0.3 is 5.97 Å². The first-order valence-corrected chi connectivity index (χ1v) is 16.4. The highest BCUT2D eigenvalue weighted by atomic mass is 32.2. The van der Waals surface area contributed by atoms with Crippen molar-refractivity contribution >= 4 is 23.3 Å². The topological polar surface area (TPSA) is 38.8 Å². The van der Waals surface area contributed by atoms with Crippen LogP contribution in [0.2, 0.25) is 0 Å². The van der Waals surface area contributed by atoms with Gasteiger partial charge < -0.3 is 14.4 Å². The van der Waals surface area contributed by atoms with Gasteiger partial charge in [0.15, 0.2) is 0 Å². The Labute approximate surface area is 236 Å². The van der Waals surface area contributed by atoms with Crippen LogP contribution in [0.1, 0.15) is 116 Å². The minimum atomic E-state index is -0.345. The van der Waals surface area contributed by atoms with E-state index in [1.807, 2.05) is 18.7 Å². The summed E-state index contributed by atoms with van der Waals surface area (Å²) in [6, 6.07) is 4.38. The van der Waals surface area contributed by atoms with Crippen LogP contribution in [0, 0.1) is 11.8 Å². The third-order valence-electron chi connectivity index (χ3n) is 8.60. The summed E-state index contributed by atoms with van der Waals surface area (Å²) in [6.45, 7) is 14.3.